The van der Waals surface area contributed by atoms with Crippen molar-refractivity contribution < 1.29 is 4.79 Å². The summed E-state index contributed by atoms with van der Waals surface area (Å²) in [6.07, 6.45) is 9.19. The van der Waals surface area contributed by atoms with Crippen LogP contribution >= 0.6 is 11.8 Å². The number of carbonyl (C=O) groups is 1. The topological polar surface area (TPSA) is 77.6 Å². The van der Waals surface area contributed by atoms with Crippen LogP contribution in [-0.4, -0.2) is 43.3 Å². The van der Waals surface area contributed by atoms with Gasteiger partial charge in [0, 0.05) is 36.8 Å². The molecule has 0 atom stereocenters. The van der Waals surface area contributed by atoms with Crippen LogP contribution in [0.25, 0.3) is 0 Å². The van der Waals surface area contributed by atoms with E-state index in [1.54, 1.807) is 11.8 Å². The lowest BCUT2D eigenvalue weighted by Gasteiger charge is -2.16. The fraction of sp³-hybridized carbons (Fsp3) is 0.727. The maximum absolute atomic E-state index is 12.5. The molecule has 3 rings (SSSR count). The summed E-state index contributed by atoms with van der Waals surface area (Å²) in [6, 6.07) is 0.542. The Balaban J connectivity index is 1.50. The molecular formula is C22H36N6OS. The molecule has 2 aromatic rings. The number of rotatable bonds is 10. The normalized spacial score (nSPS) is 14.7. The van der Waals surface area contributed by atoms with E-state index in [4.69, 9.17) is 0 Å². The average Bonchev–Trinajstić information content (AvgIpc) is 3.41. The molecule has 1 saturated carbocycles. The maximum atomic E-state index is 12.5. The predicted molar refractivity (Wildman–Crippen MR) is 121 cm³/mol. The van der Waals surface area contributed by atoms with Gasteiger partial charge in [-0.3, -0.25) is 9.48 Å². The molecule has 2 heterocycles. The molecule has 0 radical (unpaired) electrons. The Morgan fingerprint density at radius 2 is 1.97 bits per heavy atom. The second kappa shape index (κ2) is 10.5. The molecule has 2 aromatic heterocycles. The van der Waals surface area contributed by atoms with Crippen molar-refractivity contribution in [3.05, 3.63) is 22.8 Å². The number of amides is 1. The summed E-state index contributed by atoms with van der Waals surface area (Å²) in [5.74, 6) is 1.65. The van der Waals surface area contributed by atoms with Crippen LogP contribution in [0.1, 0.15) is 74.8 Å². The molecule has 8 heteroatoms. The first kappa shape index (κ1) is 22.8. The maximum Gasteiger partial charge on any atom is 0.224 e. The van der Waals surface area contributed by atoms with Gasteiger partial charge in [-0.1, -0.05) is 38.5 Å². The minimum atomic E-state index is 0.0624. The largest absolute Gasteiger partial charge is 0.356 e. The van der Waals surface area contributed by atoms with Crippen LogP contribution in [0.3, 0.4) is 0 Å². The predicted octanol–water partition coefficient (Wildman–Crippen LogP) is 3.88. The van der Waals surface area contributed by atoms with Crippen LogP contribution in [0, 0.1) is 19.8 Å². The fourth-order valence-corrected chi connectivity index (χ4v) is 4.93. The molecule has 0 spiro atoms. The number of aryl methyl sites for hydroxylation is 2. The molecule has 0 bridgehead atoms. The molecule has 1 N–H and O–H groups in total. The molecule has 1 amide bonds. The molecule has 166 valence electrons. The summed E-state index contributed by atoms with van der Waals surface area (Å²) in [5, 5.41) is 17.5. The Bertz CT molecular complexity index is 850. The highest BCUT2D eigenvalue weighted by Gasteiger charge is 2.23. The van der Waals surface area contributed by atoms with Gasteiger partial charge in [-0.05, 0) is 45.3 Å². The van der Waals surface area contributed by atoms with E-state index in [-0.39, 0.29) is 5.91 Å². The van der Waals surface area contributed by atoms with Crippen LogP contribution in [0.15, 0.2) is 5.16 Å². The average molecular weight is 433 g/mol. The smallest absolute Gasteiger partial charge is 0.224 e. The highest BCUT2D eigenvalue weighted by Crippen LogP contribution is 2.33. The zero-order valence-corrected chi connectivity index (χ0v) is 19.9. The van der Waals surface area contributed by atoms with E-state index < -0.39 is 0 Å². The summed E-state index contributed by atoms with van der Waals surface area (Å²) in [5.41, 5.74) is 3.11. The van der Waals surface area contributed by atoms with E-state index in [1.165, 1.54) is 25.7 Å². The van der Waals surface area contributed by atoms with Gasteiger partial charge in [0.2, 0.25) is 5.91 Å². The standard InChI is InChI=1S/C22H36N6OS/c1-15(2)14-27-17(4)19(16(3)26-27)13-21(29)23-12-8-11-20-24-25-22(30-5)28(20)18-9-6-7-10-18/h15,18H,6-14H2,1-5H3,(H,23,29). The van der Waals surface area contributed by atoms with E-state index >= 15 is 0 Å². The van der Waals surface area contributed by atoms with Gasteiger partial charge in [0.15, 0.2) is 5.16 Å². The van der Waals surface area contributed by atoms with Crippen LogP contribution < -0.4 is 5.32 Å². The highest BCUT2D eigenvalue weighted by atomic mass is 32.2. The summed E-state index contributed by atoms with van der Waals surface area (Å²) in [7, 11) is 0. The van der Waals surface area contributed by atoms with Gasteiger partial charge in [0.1, 0.15) is 5.82 Å². The van der Waals surface area contributed by atoms with Crippen LogP contribution in [0.5, 0.6) is 0 Å². The molecule has 7 nitrogen and oxygen atoms in total. The van der Waals surface area contributed by atoms with E-state index in [0.29, 0.717) is 24.9 Å². The number of nitrogens with zero attached hydrogens (tertiary/aromatic N) is 5. The number of hydrogen-bond donors (Lipinski definition) is 1. The lowest BCUT2D eigenvalue weighted by Crippen LogP contribution is -2.27. The molecular weight excluding hydrogens is 396 g/mol. The number of carbonyl (C=O) groups excluding carboxylic acids is 1. The van der Waals surface area contributed by atoms with Gasteiger partial charge >= 0.3 is 0 Å². The first-order valence-electron chi connectivity index (χ1n) is 11.2. The molecule has 1 aliphatic rings. The van der Waals surface area contributed by atoms with Gasteiger partial charge in [0.25, 0.3) is 0 Å². The van der Waals surface area contributed by atoms with Crippen LogP contribution in [0.2, 0.25) is 0 Å². The van der Waals surface area contributed by atoms with Crippen molar-refractivity contribution in [3.63, 3.8) is 0 Å². The second-order valence-corrected chi connectivity index (χ2v) is 9.54. The van der Waals surface area contributed by atoms with E-state index in [0.717, 1.165) is 47.3 Å². The summed E-state index contributed by atoms with van der Waals surface area (Å²) in [6.45, 7) is 9.95. The van der Waals surface area contributed by atoms with Gasteiger partial charge in [0.05, 0.1) is 12.1 Å². The molecule has 0 aliphatic heterocycles. The van der Waals surface area contributed by atoms with Gasteiger partial charge in [-0.2, -0.15) is 5.10 Å². The SMILES string of the molecule is CSc1nnc(CCCNC(=O)Cc2c(C)nn(CC(C)C)c2C)n1C1CCCC1. The number of thioether (sulfide) groups is 1. The van der Waals surface area contributed by atoms with E-state index in [1.807, 2.05) is 11.6 Å². The van der Waals surface area contributed by atoms with Crippen LogP contribution in [-0.2, 0) is 24.2 Å². The van der Waals surface area contributed by atoms with Crippen LogP contribution in [0.4, 0.5) is 0 Å². The first-order chi connectivity index (χ1) is 14.4. The van der Waals surface area contributed by atoms with Gasteiger partial charge < -0.3 is 9.88 Å². The summed E-state index contributed by atoms with van der Waals surface area (Å²) >= 11 is 1.67. The Morgan fingerprint density at radius 3 is 2.63 bits per heavy atom. The minimum Gasteiger partial charge on any atom is -0.356 e. The monoisotopic (exact) mass is 432 g/mol. The van der Waals surface area contributed by atoms with Crippen molar-refractivity contribution in [2.24, 2.45) is 5.92 Å². The Hall–Kier alpha value is -1.83. The second-order valence-electron chi connectivity index (χ2n) is 8.77. The molecule has 0 unspecified atom stereocenters. The van der Waals surface area contributed by atoms with Crippen molar-refractivity contribution in [1.29, 1.82) is 0 Å². The third kappa shape index (κ3) is 5.45. The van der Waals surface area contributed by atoms with Crippen molar-refractivity contribution in [2.45, 2.75) is 90.4 Å². The van der Waals surface area contributed by atoms with Crippen molar-refractivity contribution in [3.8, 4) is 0 Å². The summed E-state index contributed by atoms with van der Waals surface area (Å²) < 4.78 is 4.37. The van der Waals surface area contributed by atoms with Gasteiger partial charge in [-0.15, -0.1) is 10.2 Å². The molecule has 30 heavy (non-hydrogen) atoms. The Labute approximate surface area is 184 Å². The Kier molecular flexibility index (Phi) is 7.97. The highest BCUT2D eigenvalue weighted by molar-refractivity contribution is 7.98. The fourth-order valence-electron chi connectivity index (χ4n) is 4.36. The van der Waals surface area contributed by atoms with Gasteiger partial charge in [-0.25, -0.2) is 0 Å². The number of nitrogens with one attached hydrogen (secondary N) is 1. The van der Waals surface area contributed by atoms with Crippen molar-refractivity contribution in [1.82, 2.24) is 29.9 Å². The minimum absolute atomic E-state index is 0.0624. The van der Waals surface area contributed by atoms with Crippen molar-refractivity contribution in [2.75, 3.05) is 12.8 Å². The summed E-state index contributed by atoms with van der Waals surface area (Å²) in [4.78, 5) is 12.5. The van der Waals surface area contributed by atoms with E-state index in [2.05, 4.69) is 52.2 Å². The zero-order chi connectivity index (χ0) is 21.7. The Morgan fingerprint density at radius 1 is 1.23 bits per heavy atom. The third-order valence-electron chi connectivity index (χ3n) is 5.91. The number of hydrogen-bond acceptors (Lipinski definition) is 5. The van der Waals surface area contributed by atoms with E-state index in [9.17, 15) is 4.79 Å². The molecule has 0 aromatic carbocycles. The molecule has 0 saturated heterocycles. The lowest BCUT2D eigenvalue weighted by molar-refractivity contribution is -0.120. The zero-order valence-electron chi connectivity index (χ0n) is 19.1. The molecule has 1 aliphatic carbocycles. The molecule has 1 fully saturated rings. The quantitative estimate of drug-likeness (QED) is 0.455. The number of aromatic nitrogens is 5. The first-order valence-corrected chi connectivity index (χ1v) is 12.4. The third-order valence-corrected chi connectivity index (χ3v) is 6.56. The lowest BCUT2D eigenvalue weighted by atomic mass is 10.1. The van der Waals surface area contributed by atoms with Crippen molar-refractivity contribution >= 4 is 17.7 Å².